The normalized spacial score (nSPS) is 11.7. The first-order valence-electron chi connectivity index (χ1n) is 16.6. The Kier molecular flexibility index (Phi) is 6.91. The van der Waals surface area contributed by atoms with Crippen LogP contribution in [-0.4, -0.2) is 0 Å². The van der Waals surface area contributed by atoms with E-state index in [4.69, 9.17) is 0 Å². The molecule has 9 rings (SSSR count). The minimum atomic E-state index is 1.18. The SMILES string of the molecule is C(=C\c1cccc(-c2ccc3c(-c4ccc5ccccc5c4)c4ccccc4c(-c4ccc5ccccc5c4)c3c2)c1)/c1ccccc1. The average Bonchev–Trinajstić information content (AvgIpc) is 3.16. The van der Waals surface area contributed by atoms with Crippen molar-refractivity contribution in [2.75, 3.05) is 0 Å². The van der Waals surface area contributed by atoms with Crippen LogP contribution in [0.3, 0.4) is 0 Å². The van der Waals surface area contributed by atoms with Crippen molar-refractivity contribution >= 4 is 55.2 Å². The predicted molar refractivity (Wildman–Crippen MR) is 208 cm³/mol. The lowest BCUT2D eigenvalue weighted by Gasteiger charge is -2.19. The van der Waals surface area contributed by atoms with Gasteiger partial charge in [0.25, 0.3) is 0 Å². The zero-order chi connectivity index (χ0) is 31.9. The molecule has 0 heterocycles. The van der Waals surface area contributed by atoms with E-state index < -0.39 is 0 Å². The highest BCUT2D eigenvalue weighted by Crippen LogP contribution is 2.45. The molecule has 0 nitrogen and oxygen atoms in total. The van der Waals surface area contributed by atoms with Gasteiger partial charge < -0.3 is 0 Å². The zero-order valence-electron chi connectivity index (χ0n) is 26.5. The van der Waals surface area contributed by atoms with Crippen molar-refractivity contribution in [3.8, 4) is 33.4 Å². The second kappa shape index (κ2) is 11.8. The molecule has 0 aliphatic heterocycles. The van der Waals surface area contributed by atoms with Crippen LogP contribution in [0, 0.1) is 0 Å². The first-order chi connectivity index (χ1) is 23.8. The first-order valence-corrected chi connectivity index (χ1v) is 16.6. The molecule has 0 spiro atoms. The predicted octanol–water partition coefficient (Wildman–Crippen LogP) is 13.5. The van der Waals surface area contributed by atoms with Gasteiger partial charge in [-0.3, -0.25) is 0 Å². The van der Waals surface area contributed by atoms with Gasteiger partial charge in [0.05, 0.1) is 0 Å². The van der Waals surface area contributed by atoms with Gasteiger partial charge >= 0.3 is 0 Å². The van der Waals surface area contributed by atoms with E-state index in [1.54, 1.807) is 0 Å². The lowest BCUT2D eigenvalue weighted by Crippen LogP contribution is -1.92. The van der Waals surface area contributed by atoms with Gasteiger partial charge in [-0.25, -0.2) is 0 Å². The van der Waals surface area contributed by atoms with E-state index in [0.29, 0.717) is 0 Å². The molecule has 0 aliphatic carbocycles. The molecule has 0 atom stereocenters. The molecule has 0 saturated heterocycles. The number of hydrogen-bond acceptors (Lipinski definition) is 0. The smallest absolute Gasteiger partial charge is 0.00259 e. The average molecular weight is 609 g/mol. The Morgan fingerprint density at radius 1 is 0.250 bits per heavy atom. The van der Waals surface area contributed by atoms with Gasteiger partial charge in [-0.1, -0.05) is 170 Å². The van der Waals surface area contributed by atoms with E-state index in [-0.39, 0.29) is 0 Å². The first kappa shape index (κ1) is 28.0. The van der Waals surface area contributed by atoms with Gasteiger partial charge in [-0.05, 0) is 112 Å². The monoisotopic (exact) mass is 608 g/mol. The van der Waals surface area contributed by atoms with E-state index in [0.717, 1.165) is 0 Å². The minimum absolute atomic E-state index is 1.18. The summed E-state index contributed by atoms with van der Waals surface area (Å²) in [5.41, 5.74) is 9.82. The van der Waals surface area contributed by atoms with Crippen molar-refractivity contribution in [2.24, 2.45) is 0 Å². The molecule has 9 aromatic rings. The Balaban J connectivity index is 1.30. The van der Waals surface area contributed by atoms with Crippen molar-refractivity contribution in [2.45, 2.75) is 0 Å². The van der Waals surface area contributed by atoms with E-state index in [2.05, 4.69) is 194 Å². The summed E-state index contributed by atoms with van der Waals surface area (Å²) < 4.78 is 0. The summed E-state index contributed by atoms with van der Waals surface area (Å²) in [6.07, 6.45) is 4.38. The van der Waals surface area contributed by atoms with Gasteiger partial charge in [0, 0.05) is 0 Å². The Labute approximate surface area is 280 Å². The minimum Gasteiger partial charge on any atom is -0.0622 e. The summed E-state index contributed by atoms with van der Waals surface area (Å²) >= 11 is 0. The summed E-state index contributed by atoms with van der Waals surface area (Å²) in [7, 11) is 0. The van der Waals surface area contributed by atoms with Gasteiger partial charge in [-0.15, -0.1) is 0 Å². The fourth-order valence-corrected chi connectivity index (χ4v) is 7.25. The van der Waals surface area contributed by atoms with Crippen LogP contribution in [0.25, 0.3) is 88.6 Å². The van der Waals surface area contributed by atoms with Gasteiger partial charge in [-0.2, -0.15) is 0 Å². The Morgan fingerprint density at radius 2 is 0.729 bits per heavy atom. The number of rotatable bonds is 5. The summed E-state index contributed by atoms with van der Waals surface area (Å²) in [4.78, 5) is 0. The van der Waals surface area contributed by atoms with Gasteiger partial charge in [0.15, 0.2) is 0 Å². The second-order valence-corrected chi connectivity index (χ2v) is 12.5. The van der Waals surface area contributed by atoms with E-state index >= 15 is 0 Å². The molecule has 0 unspecified atom stereocenters. The molecule has 0 N–H and O–H groups in total. The quantitative estimate of drug-likeness (QED) is 0.135. The fraction of sp³-hybridized carbons (Fsp3) is 0. The number of fused-ring (bicyclic) bond motifs is 4. The Morgan fingerprint density at radius 3 is 1.40 bits per heavy atom. The highest BCUT2D eigenvalue weighted by Gasteiger charge is 2.18. The second-order valence-electron chi connectivity index (χ2n) is 12.5. The van der Waals surface area contributed by atoms with Crippen LogP contribution in [0.15, 0.2) is 182 Å². The van der Waals surface area contributed by atoms with E-state index in [1.165, 1.54) is 87.6 Å². The largest absolute Gasteiger partial charge is 0.0622 e. The van der Waals surface area contributed by atoms with Crippen LogP contribution in [0.4, 0.5) is 0 Å². The molecule has 48 heavy (non-hydrogen) atoms. The molecule has 9 aromatic carbocycles. The molecular weight excluding hydrogens is 577 g/mol. The zero-order valence-corrected chi connectivity index (χ0v) is 26.5. The van der Waals surface area contributed by atoms with E-state index in [9.17, 15) is 0 Å². The molecule has 0 bridgehead atoms. The topological polar surface area (TPSA) is 0 Å². The summed E-state index contributed by atoms with van der Waals surface area (Å²) in [5.74, 6) is 0. The molecule has 0 aliphatic rings. The molecule has 224 valence electrons. The standard InChI is InChI=1S/C48H32/c1-2-11-33(12-3-1)21-22-34-13-10-18-37(29-34)40-27-28-45-46(32-40)48(42-26-24-36-15-5-7-17-39(36)31-42)44-20-9-8-19-43(44)47(45)41-25-23-35-14-4-6-16-38(35)30-41/h1-32H/b22-21+. The van der Waals surface area contributed by atoms with Crippen LogP contribution in [0.1, 0.15) is 11.1 Å². The maximum absolute atomic E-state index is 2.41. The number of hydrogen-bond donors (Lipinski definition) is 0. The third-order valence-electron chi connectivity index (χ3n) is 9.59. The molecule has 0 aromatic heterocycles. The third-order valence-corrected chi connectivity index (χ3v) is 9.59. The highest BCUT2D eigenvalue weighted by atomic mass is 14.2. The van der Waals surface area contributed by atoms with Gasteiger partial charge in [0.1, 0.15) is 0 Å². The lowest BCUT2D eigenvalue weighted by molar-refractivity contribution is 1.61. The van der Waals surface area contributed by atoms with Crippen LogP contribution in [-0.2, 0) is 0 Å². The van der Waals surface area contributed by atoms with Crippen LogP contribution in [0.5, 0.6) is 0 Å². The van der Waals surface area contributed by atoms with Crippen molar-refractivity contribution in [1.29, 1.82) is 0 Å². The van der Waals surface area contributed by atoms with E-state index in [1.807, 2.05) is 0 Å². The number of benzene rings is 9. The highest BCUT2D eigenvalue weighted by molar-refractivity contribution is 6.22. The maximum atomic E-state index is 2.41. The van der Waals surface area contributed by atoms with Crippen LogP contribution >= 0.6 is 0 Å². The molecule has 0 saturated carbocycles. The molecule has 0 radical (unpaired) electrons. The molecule has 0 heteroatoms. The van der Waals surface area contributed by atoms with Crippen molar-refractivity contribution in [3.63, 3.8) is 0 Å². The van der Waals surface area contributed by atoms with Crippen LogP contribution in [0.2, 0.25) is 0 Å². The molecule has 0 fully saturated rings. The Bertz CT molecular complexity index is 2660. The van der Waals surface area contributed by atoms with Crippen LogP contribution < -0.4 is 0 Å². The molecular formula is C48H32. The van der Waals surface area contributed by atoms with Crippen molar-refractivity contribution < 1.29 is 0 Å². The van der Waals surface area contributed by atoms with Gasteiger partial charge in [0.2, 0.25) is 0 Å². The molecule has 0 amide bonds. The summed E-state index contributed by atoms with van der Waals surface area (Å²) in [5, 5.41) is 10.1. The maximum Gasteiger partial charge on any atom is -0.00259 e. The lowest BCUT2D eigenvalue weighted by atomic mass is 9.84. The summed E-state index contributed by atoms with van der Waals surface area (Å²) in [6.45, 7) is 0. The fourth-order valence-electron chi connectivity index (χ4n) is 7.25. The summed E-state index contributed by atoms with van der Waals surface area (Å²) in [6, 6.07) is 66.4. The van der Waals surface area contributed by atoms with Crippen molar-refractivity contribution in [1.82, 2.24) is 0 Å². The Hall–Kier alpha value is -6.24. The van der Waals surface area contributed by atoms with Crippen molar-refractivity contribution in [3.05, 3.63) is 193 Å². The third kappa shape index (κ3) is 5.05.